The van der Waals surface area contributed by atoms with Crippen LogP contribution < -0.4 is 5.56 Å². The molecular weight excluding hydrogens is 285 g/mol. The Morgan fingerprint density at radius 1 is 1.43 bits per heavy atom. The molecule has 1 aliphatic heterocycles. The number of aliphatic hydroxyl groups excluding tert-OH is 3. The first-order valence-electron chi connectivity index (χ1n) is 6.29. The van der Waals surface area contributed by atoms with Crippen LogP contribution in [0.25, 0.3) is 11.0 Å². The van der Waals surface area contributed by atoms with Crippen molar-refractivity contribution < 1.29 is 24.4 Å². The van der Waals surface area contributed by atoms with Crippen LogP contribution >= 0.6 is 0 Å². The highest BCUT2D eigenvalue weighted by molar-refractivity contribution is 5.75. The topological polar surface area (TPSA) is 110 Å². The summed E-state index contributed by atoms with van der Waals surface area (Å²) >= 11 is 0. The molecule has 21 heavy (non-hydrogen) atoms. The van der Waals surface area contributed by atoms with Crippen molar-refractivity contribution in [2.24, 2.45) is 7.05 Å². The Bertz CT molecular complexity index is 742. The normalized spacial score (nSPS) is 29.4. The van der Waals surface area contributed by atoms with Gasteiger partial charge in [-0.25, -0.2) is 9.37 Å². The summed E-state index contributed by atoms with van der Waals surface area (Å²) in [4.78, 5) is 15.9. The first kappa shape index (κ1) is 14.1. The zero-order valence-electron chi connectivity index (χ0n) is 11.0. The van der Waals surface area contributed by atoms with Crippen molar-refractivity contribution in [2.75, 3.05) is 6.61 Å². The van der Waals surface area contributed by atoms with Gasteiger partial charge in [0.15, 0.2) is 17.7 Å². The Labute approximate surface area is 117 Å². The van der Waals surface area contributed by atoms with Crippen LogP contribution in [0.1, 0.15) is 6.23 Å². The third kappa shape index (κ3) is 1.97. The summed E-state index contributed by atoms with van der Waals surface area (Å²) in [5.74, 6) is -0.795. The molecule has 9 heteroatoms. The molecule has 2 aromatic heterocycles. The Balaban J connectivity index is 2.14. The summed E-state index contributed by atoms with van der Waals surface area (Å²) in [6.07, 6.45) is -2.60. The number of fused-ring (bicyclic) bond motifs is 1. The van der Waals surface area contributed by atoms with Gasteiger partial charge in [0, 0.05) is 13.2 Å². The quantitative estimate of drug-likeness (QED) is 0.622. The first-order valence-corrected chi connectivity index (χ1v) is 6.29. The fraction of sp³-hybridized carbons (Fsp3) is 0.500. The molecular formula is C12H14FN3O5. The third-order valence-electron chi connectivity index (χ3n) is 3.64. The summed E-state index contributed by atoms with van der Waals surface area (Å²) in [5, 5.41) is 28.5. The molecule has 0 aliphatic carbocycles. The molecule has 114 valence electrons. The van der Waals surface area contributed by atoms with E-state index in [1.807, 2.05) is 0 Å². The van der Waals surface area contributed by atoms with Gasteiger partial charge in [0.2, 0.25) is 0 Å². The van der Waals surface area contributed by atoms with E-state index in [1.54, 1.807) is 0 Å². The molecule has 8 nitrogen and oxygen atoms in total. The van der Waals surface area contributed by atoms with Crippen LogP contribution in [0.3, 0.4) is 0 Å². The van der Waals surface area contributed by atoms with Crippen molar-refractivity contribution >= 4 is 11.0 Å². The fourth-order valence-corrected chi connectivity index (χ4v) is 2.49. The fourth-order valence-electron chi connectivity index (χ4n) is 2.49. The number of aromatic nitrogens is 3. The number of rotatable bonds is 2. The lowest BCUT2D eigenvalue weighted by Gasteiger charge is -2.17. The minimum atomic E-state index is -1.37. The van der Waals surface area contributed by atoms with Crippen LogP contribution in [0.2, 0.25) is 0 Å². The Morgan fingerprint density at radius 2 is 2.14 bits per heavy atom. The molecule has 1 aliphatic rings. The van der Waals surface area contributed by atoms with E-state index in [9.17, 15) is 19.4 Å². The second-order valence-electron chi connectivity index (χ2n) is 4.97. The molecule has 1 fully saturated rings. The molecule has 4 atom stereocenters. The number of hydrogen-bond acceptors (Lipinski definition) is 6. The summed E-state index contributed by atoms with van der Waals surface area (Å²) in [7, 11) is 1.44. The molecule has 0 saturated carbocycles. The maximum absolute atomic E-state index is 14.0. The lowest BCUT2D eigenvalue weighted by molar-refractivity contribution is -0.0510. The predicted molar refractivity (Wildman–Crippen MR) is 67.9 cm³/mol. The van der Waals surface area contributed by atoms with Crippen LogP contribution in [-0.2, 0) is 11.8 Å². The standard InChI is InChI=1S/C12H14FN3O5/c1-15-4-14-10-7(11(15)20)5(13)2-16(10)12-9(19)8(18)6(3-17)21-12/h2,4,6,8-9,12,17-19H,3H2,1H3/t6-,8?,9-,12-/m1/s1. The largest absolute Gasteiger partial charge is 0.394 e. The van der Waals surface area contributed by atoms with Gasteiger partial charge in [-0.05, 0) is 0 Å². The minimum Gasteiger partial charge on any atom is -0.394 e. The van der Waals surface area contributed by atoms with Gasteiger partial charge in [0.25, 0.3) is 5.56 Å². The van der Waals surface area contributed by atoms with Crippen molar-refractivity contribution in [3.05, 3.63) is 28.7 Å². The second kappa shape index (κ2) is 4.88. The van der Waals surface area contributed by atoms with E-state index < -0.39 is 42.5 Å². The van der Waals surface area contributed by atoms with Gasteiger partial charge in [0.1, 0.15) is 23.7 Å². The summed E-state index contributed by atoms with van der Waals surface area (Å²) in [6.45, 7) is -0.494. The van der Waals surface area contributed by atoms with E-state index in [4.69, 9.17) is 9.84 Å². The molecule has 3 heterocycles. The summed E-state index contributed by atoms with van der Waals surface area (Å²) in [6, 6.07) is 0. The Kier molecular flexibility index (Phi) is 3.29. The summed E-state index contributed by atoms with van der Waals surface area (Å²) < 4.78 is 21.6. The molecule has 0 amide bonds. The maximum Gasteiger partial charge on any atom is 0.265 e. The highest BCUT2D eigenvalue weighted by atomic mass is 19.1. The van der Waals surface area contributed by atoms with Gasteiger partial charge in [-0.3, -0.25) is 4.79 Å². The van der Waals surface area contributed by atoms with E-state index in [-0.39, 0.29) is 11.0 Å². The lowest BCUT2D eigenvalue weighted by atomic mass is 10.1. The van der Waals surface area contributed by atoms with Crippen LogP contribution in [0.15, 0.2) is 17.3 Å². The van der Waals surface area contributed by atoms with Crippen molar-refractivity contribution in [1.82, 2.24) is 14.1 Å². The number of nitrogens with zero attached hydrogens (tertiary/aromatic N) is 3. The average Bonchev–Trinajstić information content (AvgIpc) is 2.94. The molecule has 1 saturated heterocycles. The predicted octanol–water partition coefficient (Wildman–Crippen LogP) is -1.51. The molecule has 3 rings (SSSR count). The van der Waals surface area contributed by atoms with Crippen LogP contribution in [0.5, 0.6) is 0 Å². The van der Waals surface area contributed by atoms with Gasteiger partial charge >= 0.3 is 0 Å². The van der Waals surface area contributed by atoms with Crippen LogP contribution in [-0.4, -0.2) is 54.4 Å². The van der Waals surface area contributed by atoms with Crippen LogP contribution in [0, 0.1) is 5.82 Å². The van der Waals surface area contributed by atoms with E-state index in [1.165, 1.54) is 13.4 Å². The number of aliphatic hydroxyl groups is 3. The molecule has 3 N–H and O–H groups in total. The highest BCUT2D eigenvalue weighted by Gasteiger charge is 2.44. The summed E-state index contributed by atoms with van der Waals surface area (Å²) in [5.41, 5.74) is -0.562. The van der Waals surface area contributed by atoms with Crippen LogP contribution in [0.4, 0.5) is 4.39 Å². The number of hydrogen-bond donors (Lipinski definition) is 3. The van der Waals surface area contributed by atoms with E-state index in [0.717, 1.165) is 15.3 Å². The van der Waals surface area contributed by atoms with Gasteiger partial charge < -0.3 is 29.2 Å². The molecule has 0 spiro atoms. The third-order valence-corrected chi connectivity index (χ3v) is 3.64. The molecule has 1 unspecified atom stereocenters. The second-order valence-corrected chi connectivity index (χ2v) is 4.97. The number of halogens is 1. The zero-order valence-corrected chi connectivity index (χ0v) is 11.0. The molecule has 0 radical (unpaired) electrons. The van der Waals surface area contributed by atoms with Crippen molar-refractivity contribution in [3.8, 4) is 0 Å². The van der Waals surface area contributed by atoms with E-state index in [0.29, 0.717) is 0 Å². The minimum absolute atomic E-state index is 0.00504. The smallest absolute Gasteiger partial charge is 0.265 e. The molecule has 0 aromatic carbocycles. The lowest BCUT2D eigenvalue weighted by Crippen LogP contribution is -2.33. The average molecular weight is 299 g/mol. The SMILES string of the molecule is Cn1cnc2c(c(F)cn2[C@@H]2O[C@H](CO)C(O)[C@H]2O)c1=O. The van der Waals surface area contributed by atoms with E-state index >= 15 is 0 Å². The van der Waals surface area contributed by atoms with Gasteiger partial charge in [-0.1, -0.05) is 0 Å². The number of aryl methyl sites for hydroxylation is 1. The monoisotopic (exact) mass is 299 g/mol. The zero-order chi connectivity index (χ0) is 15.3. The van der Waals surface area contributed by atoms with E-state index in [2.05, 4.69) is 4.98 Å². The van der Waals surface area contributed by atoms with Crippen molar-refractivity contribution in [1.29, 1.82) is 0 Å². The van der Waals surface area contributed by atoms with Gasteiger partial charge in [-0.15, -0.1) is 0 Å². The number of ether oxygens (including phenoxy) is 1. The van der Waals surface area contributed by atoms with Crippen molar-refractivity contribution in [3.63, 3.8) is 0 Å². The van der Waals surface area contributed by atoms with Gasteiger partial charge in [-0.2, -0.15) is 0 Å². The highest BCUT2D eigenvalue weighted by Crippen LogP contribution is 2.32. The maximum atomic E-state index is 14.0. The molecule has 0 bridgehead atoms. The molecule has 2 aromatic rings. The Hall–Kier alpha value is -1.81. The Morgan fingerprint density at radius 3 is 2.76 bits per heavy atom. The van der Waals surface area contributed by atoms with Crippen molar-refractivity contribution in [2.45, 2.75) is 24.5 Å². The first-order chi connectivity index (χ1) is 9.95. The van der Waals surface area contributed by atoms with Gasteiger partial charge in [0.05, 0.1) is 12.9 Å².